The number of benzene rings is 8. The van der Waals surface area contributed by atoms with Gasteiger partial charge in [-0.2, -0.15) is 30.3 Å². The molecule has 0 aliphatic rings. The number of hydrogen-bond acceptors (Lipinski definition) is 18. The Morgan fingerprint density at radius 1 is 0.562 bits per heavy atom. The number of nitro groups is 2. The molecular weight excluding hydrogens is 1650 g/mol. The summed E-state index contributed by atoms with van der Waals surface area (Å²) in [7, 11) is -7.43. The molecule has 12 rings (SSSR count). The van der Waals surface area contributed by atoms with Crippen LogP contribution in [0, 0.1) is 26.3 Å². The van der Waals surface area contributed by atoms with Crippen molar-refractivity contribution in [3.05, 3.63) is 300 Å². The molecule has 0 spiro atoms. The fourth-order valence-electron chi connectivity index (χ4n) is 7.35. The number of nitrogens with zero attached hydrogens (tertiary/aromatic N) is 8. The van der Waals surface area contributed by atoms with Gasteiger partial charge < -0.3 is 35.8 Å². The van der Waals surface area contributed by atoms with Gasteiger partial charge in [-0.3, -0.25) is 49.8 Å². The molecule has 12 aromatic rings. The fourth-order valence-corrected chi connectivity index (χ4v) is 9.87. The molecule has 0 fully saturated rings. The first kappa shape index (κ1) is 90.0. The van der Waals surface area contributed by atoms with E-state index in [4.69, 9.17) is 25.0 Å². The summed E-state index contributed by atoms with van der Waals surface area (Å²) in [6.45, 7) is 0.903. The van der Waals surface area contributed by atoms with Crippen LogP contribution in [-0.2, 0) is 75.4 Å². The Balaban J connectivity index is 0. The summed E-state index contributed by atoms with van der Waals surface area (Å²) in [5, 5.41) is 50.2. The van der Waals surface area contributed by atoms with Crippen molar-refractivity contribution in [1.82, 2.24) is 19.9 Å². The quantitative estimate of drug-likeness (QED) is 0.0233. The number of rotatable bonds is 11. The van der Waals surface area contributed by atoms with Gasteiger partial charge in [-0.25, -0.2) is 16.8 Å². The average Bonchev–Trinajstić information content (AvgIpc) is 0.794. The monoisotopic (exact) mass is 1700 g/mol. The number of hydrogen-bond donors (Lipinski definition) is 2. The fraction of sp³-hybridized carbons (Fsp3) is 0.0312. The summed E-state index contributed by atoms with van der Waals surface area (Å²) in [6.07, 6.45) is 10.3. The Kier molecular flexibility index (Phi) is 45.6. The second kappa shape index (κ2) is 48.7. The predicted octanol–water partition coefficient (Wildman–Crippen LogP) is 8.42. The second-order valence-electron chi connectivity index (χ2n) is 17.3. The molecule has 4 heterocycles. The number of aromatic nitrogens is 4. The standard InChI is InChI=1S/2C19H12N3O4S.C6H5BBrO2.C6H4Br.2C5H5N.C2H4O2.CH2O3.CH4.2K.2Pd.H/c2*23-22(24)15-8-10-16(11-9-15)27(25,26)21-17-5-1-3-13-6-7-14-4-2-12-20-19(14)18(13)17;8-5-1-3-6(4-2-5)10-7-9;7-6-4-2-1-3-5-6;2*1-2-4-6-5-3-1;1-2(3)4;2-1-4-3;;;;;;/h2*1-12H;1-4,9H;2-5H;2*1-5H;1H3,(H,3,4);1,3H;1H4;;;;;/q2*-1;;-1;;;;;;2*+1;;+2;-1/p-1. The molecule has 0 aliphatic heterocycles. The third-order valence-corrected chi connectivity index (χ3v) is 14.8. The number of non-ortho nitro benzene ring substituents is 2. The first-order valence-corrected chi connectivity index (χ1v) is 30.3. The maximum atomic E-state index is 12.7. The Hall–Kier alpha value is -6.02. The SMILES string of the molecule is Brc1cc[c-]cc1.C.CC(=O)O.O=CO[O-].O=[N+]([O-])c1ccc(S(=O)(=O)[N-]c2cccc3ccc4cccnc4c23)cc1.O=[N+]([O-])c1ccc(S(=O)(=O)[N-]c2cccc3ccc4cccnc4c23)cc1.O[B]Oc1ccc(Br)cc1.[H-].[K+].[K+].[Pd+2].[Pd].c1ccncc1.c1ccncc1. The van der Waals surface area contributed by atoms with E-state index < -0.39 is 35.9 Å². The van der Waals surface area contributed by atoms with Crippen molar-refractivity contribution in [3.8, 4) is 5.75 Å². The summed E-state index contributed by atoms with van der Waals surface area (Å²) in [4.78, 5) is 56.7. The maximum Gasteiger partial charge on any atom is 2.00 e. The van der Waals surface area contributed by atoms with Crippen LogP contribution in [0.3, 0.4) is 0 Å². The van der Waals surface area contributed by atoms with Crippen LogP contribution >= 0.6 is 31.9 Å². The van der Waals surface area contributed by atoms with Crippen LogP contribution in [0.1, 0.15) is 15.8 Å². The van der Waals surface area contributed by atoms with Gasteiger partial charge in [0, 0.05) is 104 Å². The molecule has 8 aromatic carbocycles. The van der Waals surface area contributed by atoms with Crippen molar-refractivity contribution in [2.75, 3.05) is 0 Å². The minimum Gasteiger partial charge on any atom is -1.00 e. The van der Waals surface area contributed by atoms with Crippen LogP contribution in [0.15, 0.2) is 274 Å². The molecule has 0 aliphatic carbocycles. The number of carboxylic acids is 1. The van der Waals surface area contributed by atoms with E-state index in [0.29, 0.717) is 35.2 Å². The normalized spacial score (nSPS) is 9.55. The molecule has 1 radical (unpaired) electrons. The van der Waals surface area contributed by atoms with Gasteiger partial charge in [0.15, 0.2) is 0 Å². The number of aliphatic carboxylic acids is 1. The van der Waals surface area contributed by atoms with Crippen molar-refractivity contribution < 1.29 is 206 Å². The molecule has 0 unspecified atom stereocenters. The van der Waals surface area contributed by atoms with Gasteiger partial charge in [-0.1, -0.05) is 129 Å². The molecule has 0 atom stereocenters. The summed E-state index contributed by atoms with van der Waals surface area (Å²) in [6, 6.07) is 63.8. The van der Waals surface area contributed by atoms with E-state index >= 15 is 0 Å². The zero-order chi connectivity index (χ0) is 66.0. The smallest absolute Gasteiger partial charge is 1.00 e. The number of carboxylic acid groups (broad SMARTS) is 1. The van der Waals surface area contributed by atoms with E-state index in [0.717, 1.165) is 61.7 Å². The topological polar surface area (TPSA) is 350 Å². The van der Waals surface area contributed by atoms with Gasteiger partial charge in [0.2, 0.25) is 0 Å². The summed E-state index contributed by atoms with van der Waals surface area (Å²) in [5.74, 6) is -0.217. The van der Waals surface area contributed by atoms with Crippen LogP contribution < -0.4 is 113 Å². The predicted molar refractivity (Wildman–Crippen MR) is 358 cm³/mol. The van der Waals surface area contributed by atoms with Crippen LogP contribution in [0.25, 0.3) is 52.8 Å². The number of carbonyl (C=O) groups excluding carboxylic acids is 1. The van der Waals surface area contributed by atoms with Gasteiger partial charge in [0.05, 0.1) is 30.7 Å². The molecule has 96 heavy (non-hydrogen) atoms. The number of nitro benzene ring substituents is 2. The van der Waals surface area contributed by atoms with Gasteiger partial charge in [0.1, 0.15) is 25.8 Å². The Morgan fingerprint density at radius 3 is 1.20 bits per heavy atom. The molecule has 491 valence electrons. The van der Waals surface area contributed by atoms with Gasteiger partial charge >= 0.3 is 131 Å². The number of halogens is 2. The van der Waals surface area contributed by atoms with Crippen molar-refractivity contribution in [1.29, 1.82) is 0 Å². The number of pyridine rings is 4. The largest absolute Gasteiger partial charge is 2.00 e. The van der Waals surface area contributed by atoms with E-state index in [-0.39, 0.29) is 191 Å². The summed E-state index contributed by atoms with van der Waals surface area (Å²) in [5.41, 5.74) is 1.50. The second-order valence-corrected chi connectivity index (χ2v) is 22.4. The van der Waals surface area contributed by atoms with Crippen molar-refractivity contribution in [2.24, 2.45) is 0 Å². The van der Waals surface area contributed by atoms with Crippen LogP contribution in [0.4, 0.5) is 22.7 Å². The minimum absolute atomic E-state index is 0. The summed E-state index contributed by atoms with van der Waals surface area (Å²) >= 11 is 6.56. The molecule has 0 saturated heterocycles. The van der Waals surface area contributed by atoms with Crippen LogP contribution in [-0.4, -0.2) is 76.9 Å². The third kappa shape index (κ3) is 31.2. The average molecular weight is 1700 g/mol. The van der Waals surface area contributed by atoms with Crippen molar-refractivity contribution in [3.63, 3.8) is 0 Å². The molecule has 23 nitrogen and oxygen atoms in total. The van der Waals surface area contributed by atoms with E-state index in [2.05, 4.69) is 76.8 Å². The Bertz CT molecular complexity index is 4240. The van der Waals surface area contributed by atoms with Gasteiger partial charge in [0.25, 0.3) is 23.8 Å². The van der Waals surface area contributed by atoms with E-state index in [1.165, 1.54) is 24.3 Å². The molecule has 2 N–H and O–H groups in total. The molecule has 0 bridgehead atoms. The van der Waals surface area contributed by atoms with E-state index in [9.17, 15) is 37.1 Å². The third-order valence-electron chi connectivity index (χ3n) is 11.2. The van der Waals surface area contributed by atoms with E-state index in [1.807, 2.05) is 133 Å². The zero-order valence-corrected chi connectivity index (χ0v) is 64.0. The minimum atomic E-state index is -4.04. The van der Waals surface area contributed by atoms with Gasteiger partial charge in [-0.05, 0) is 106 Å². The zero-order valence-electron chi connectivity index (χ0n) is 50.9. The van der Waals surface area contributed by atoms with Crippen molar-refractivity contribution in [2.45, 2.75) is 24.1 Å². The number of carbonyl (C=O) groups is 2. The maximum absolute atomic E-state index is 12.7. The molecule has 4 aromatic heterocycles. The first-order valence-electron chi connectivity index (χ1n) is 25.9. The molecular formula is C64H53BBr2K2N8O15Pd2S2-. The summed E-state index contributed by atoms with van der Waals surface area (Å²) < 4.78 is 65.5. The van der Waals surface area contributed by atoms with E-state index in [1.54, 1.807) is 73.6 Å². The molecule has 0 saturated carbocycles. The van der Waals surface area contributed by atoms with Crippen molar-refractivity contribution >= 4 is 138 Å². The van der Waals surface area contributed by atoms with Crippen LogP contribution in [0.2, 0.25) is 0 Å². The number of sulfonamides is 2. The Labute approximate surface area is 684 Å². The molecule has 32 heteroatoms. The van der Waals surface area contributed by atoms with Gasteiger partial charge in [-0.15, -0.1) is 11.4 Å². The van der Waals surface area contributed by atoms with Crippen LogP contribution in [0.5, 0.6) is 5.75 Å². The molecule has 0 amide bonds. The first-order chi connectivity index (χ1) is 43.8. The number of fused-ring (bicyclic) bond motifs is 6. The Morgan fingerprint density at radius 2 is 0.906 bits per heavy atom.